The average Bonchev–Trinajstić information content (AvgIpc) is 3.12. The largest absolute Gasteiger partial charge is 0.411 e. The molecule has 0 fully saturated rings. The molecule has 0 unspecified atom stereocenters. The number of aromatic amines is 1. The fourth-order valence-electron chi connectivity index (χ4n) is 2.17. The van der Waals surface area contributed by atoms with Crippen LogP contribution in [0.15, 0.2) is 36.7 Å². The van der Waals surface area contributed by atoms with Gasteiger partial charge < -0.3 is 4.74 Å². The van der Waals surface area contributed by atoms with E-state index in [0.29, 0.717) is 28.3 Å². The van der Waals surface area contributed by atoms with Gasteiger partial charge in [0.25, 0.3) is 0 Å². The molecule has 0 aliphatic heterocycles. The number of hydrogen-bond acceptors (Lipinski definition) is 6. The minimum absolute atomic E-state index is 0.202. The van der Waals surface area contributed by atoms with E-state index in [0.717, 1.165) is 0 Å². The van der Waals surface area contributed by atoms with Crippen LogP contribution in [0.2, 0.25) is 0 Å². The van der Waals surface area contributed by atoms with Gasteiger partial charge in [0.2, 0.25) is 0 Å². The number of halogens is 3. The summed E-state index contributed by atoms with van der Waals surface area (Å²) < 4.78 is 41.1. The molecule has 0 amide bonds. The number of alkyl halides is 3. The summed E-state index contributed by atoms with van der Waals surface area (Å²) in [5.41, 5.74) is 1.80. The van der Waals surface area contributed by atoms with E-state index in [4.69, 9.17) is 0 Å². The van der Waals surface area contributed by atoms with Gasteiger partial charge in [-0.1, -0.05) is 12.1 Å². The predicted octanol–water partition coefficient (Wildman–Crippen LogP) is 2.88. The maximum atomic E-state index is 12.2. The van der Waals surface area contributed by atoms with Gasteiger partial charge in [0.15, 0.2) is 11.6 Å². The lowest BCUT2D eigenvalue weighted by atomic mass is 10.0. The molecule has 1 N–H and O–H groups in total. The van der Waals surface area contributed by atoms with E-state index in [1.807, 2.05) is 6.07 Å². The lowest BCUT2D eigenvalue weighted by Crippen LogP contribution is -2.16. The van der Waals surface area contributed by atoms with E-state index in [9.17, 15) is 18.4 Å². The molecule has 2 aromatic heterocycles. The van der Waals surface area contributed by atoms with E-state index in [-0.39, 0.29) is 12.2 Å². The SMILES string of the molecule is N#Cc1cc(-c2nc(-c3ccnnc3)n[nH]2)ccc1COCC(F)(F)F. The first kappa shape index (κ1) is 17.5. The van der Waals surface area contributed by atoms with Crippen LogP contribution in [0, 0.1) is 11.3 Å². The quantitative estimate of drug-likeness (QED) is 0.751. The second-order valence-corrected chi connectivity index (χ2v) is 5.23. The zero-order chi connectivity index (χ0) is 18.6. The summed E-state index contributed by atoms with van der Waals surface area (Å²) in [5.74, 6) is 0.821. The van der Waals surface area contributed by atoms with Crippen molar-refractivity contribution in [2.24, 2.45) is 0 Å². The van der Waals surface area contributed by atoms with Crippen molar-refractivity contribution < 1.29 is 17.9 Å². The van der Waals surface area contributed by atoms with Crippen molar-refractivity contribution in [2.75, 3.05) is 6.61 Å². The molecule has 0 saturated carbocycles. The number of nitrogens with zero attached hydrogens (tertiary/aromatic N) is 5. The first-order valence-corrected chi connectivity index (χ1v) is 7.33. The van der Waals surface area contributed by atoms with Crippen molar-refractivity contribution in [2.45, 2.75) is 12.8 Å². The third-order valence-electron chi connectivity index (χ3n) is 3.35. The smallest absolute Gasteiger partial charge is 0.367 e. The molecule has 132 valence electrons. The van der Waals surface area contributed by atoms with Crippen molar-refractivity contribution in [1.82, 2.24) is 25.4 Å². The van der Waals surface area contributed by atoms with Crippen LogP contribution in [0.3, 0.4) is 0 Å². The van der Waals surface area contributed by atoms with Crippen LogP contribution < -0.4 is 0 Å². The van der Waals surface area contributed by atoms with Gasteiger partial charge in [0, 0.05) is 11.1 Å². The molecule has 3 aromatic rings. The summed E-state index contributed by atoms with van der Waals surface area (Å²) in [6.07, 6.45) is -1.39. The number of aromatic nitrogens is 5. The Labute approximate surface area is 145 Å². The van der Waals surface area contributed by atoms with Gasteiger partial charge in [-0.15, -0.1) is 0 Å². The molecule has 0 saturated heterocycles. The summed E-state index contributed by atoms with van der Waals surface area (Å²) in [5, 5.41) is 23.5. The molecular formula is C16H11F3N6O. The molecule has 1 aromatic carbocycles. The Bertz CT molecular complexity index is 933. The van der Waals surface area contributed by atoms with Crippen molar-refractivity contribution in [3.05, 3.63) is 47.8 Å². The summed E-state index contributed by atoms with van der Waals surface area (Å²) >= 11 is 0. The Morgan fingerprint density at radius 2 is 2.00 bits per heavy atom. The fourth-order valence-corrected chi connectivity index (χ4v) is 2.17. The molecule has 26 heavy (non-hydrogen) atoms. The molecule has 0 radical (unpaired) electrons. The maximum absolute atomic E-state index is 12.2. The lowest BCUT2D eigenvalue weighted by Gasteiger charge is -2.09. The van der Waals surface area contributed by atoms with Crippen molar-refractivity contribution in [3.8, 4) is 28.8 Å². The van der Waals surface area contributed by atoms with E-state index in [2.05, 4.69) is 30.1 Å². The number of hydrogen-bond donors (Lipinski definition) is 1. The van der Waals surface area contributed by atoms with Crippen molar-refractivity contribution in [1.29, 1.82) is 5.26 Å². The molecule has 10 heteroatoms. The Hall–Kier alpha value is -3.32. The number of benzene rings is 1. The second-order valence-electron chi connectivity index (χ2n) is 5.23. The molecule has 0 spiro atoms. The monoisotopic (exact) mass is 360 g/mol. The zero-order valence-corrected chi connectivity index (χ0v) is 13.2. The minimum Gasteiger partial charge on any atom is -0.367 e. The van der Waals surface area contributed by atoms with E-state index in [1.54, 1.807) is 12.1 Å². The van der Waals surface area contributed by atoms with Gasteiger partial charge in [0.05, 0.1) is 30.6 Å². The van der Waals surface area contributed by atoms with Gasteiger partial charge in [-0.3, -0.25) is 5.10 Å². The summed E-state index contributed by atoms with van der Waals surface area (Å²) in [4.78, 5) is 4.33. The third kappa shape index (κ3) is 4.20. The summed E-state index contributed by atoms with van der Waals surface area (Å²) in [7, 11) is 0. The molecular weight excluding hydrogens is 349 g/mol. The molecule has 0 aliphatic carbocycles. The number of ether oxygens (including phenoxy) is 1. The first-order chi connectivity index (χ1) is 12.5. The van der Waals surface area contributed by atoms with Crippen molar-refractivity contribution >= 4 is 0 Å². The Kier molecular flexibility index (Phi) is 4.90. The fraction of sp³-hybridized carbons (Fsp3) is 0.188. The first-order valence-electron chi connectivity index (χ1n) is 7.33. The average molecular weight is 360 g/mol. The Morgan fingerprint density at radius 1 is 1.15 bits per heavy atom. The predicted molar refractivity (Wildman–Crippen MR) is 83.3 cm³/mol. The molecule has 0 bridgehead atoms. The second kappa shape index (κ2) is 7.28. The lowest BCUT2D eigenvalue weighted by molar-refractivity contribution is -0.176. The highest BCUT2D eigenvalue weighted by atomic mass is 19.4. The van der Waals surface area contributed by atoms with Gasteiger partial charge in [-0.2, -0.15) is 33.7 Å². The van der Waals surface area contributed by atoms with E-state index in [1.165, 1.54) is 24.5 Å². The van der Waals surface area contributed by atoms with Gasteiger partial charge in [-0.05, 0) is 17.7 Å². The summed E-state index contributed by atoms with van der Waals surface area (Å²) in [6, 6.07) is 8.32. The highest BCUT2D eigenvalue weighted by molar-refractivity contribution is 5.62. The van der Waals surface area contributed by atoms with Crippen molar-refractivity contribution in [3.63, 3.8) is 0 Å². The number of nitrogens with one attached hydrogen (secondary N) is 1. The molecule has 0 atom stereocenters. The normalized spacial score (nSPS) is 11.3. The van der Waals surface area contributed by atoms with E-state index >= 15 is 0 Å². The van der Waals surface area contributed by atoms with Crippen LogP contribution in [0.1, 0.15) is 11.1 Å². The standard InChI is InChI=1S/C16H11F3N6O/c17-16(18,19)9-26-8-12-2-1-10(5-13(12)6-20)14-23-15(25-24-14)11-3-4-21-22-7-11/h1-5,7H,8-9H2,(H,23,24,25). The van der Waals surface area contributed by atoms with Gasteiger partial charge in [-0.25, -0.2) is 4.98 Å². The van der Waals surface area contributed by atoms with Gasteiger partial charge in [0.1, 0.15) is 6.61 Å². The Morgan fingerprint density at radius 3 is 2.69 bits per heavy atom. The molecule has 3 rings (SSSR count). The minimum atomic E-state index is -4.41. The number of H-pyrrole nitrogens is 1. The van der Waals surface area contributed by atoms with Crippen LogP contribution in [-0.4, -0.2) is 38.2 Å². The molecule has 0 aliphatic rings. The molecule has 7 nitrogen and oxygen atoms in total. The van der Waals surface area contributed by atoms with Crippen LogP contribution in [0.5, 0.6) is 0 Å². The zero-order valence-electron chi connectivity index (χ0n) is 13.2. The number of nitriles is 1. The topological polar surface area (TPSA) is 100 Å². The van der Waals surface area contributed by atoms with Crippen LogP contribution in [-0.2, 0) is 11.3 Å². The van der Waals surface area contributed by atoms with Crippen LogP contribution >= 0.6 is 0 Å². The maximum Gasteiger partial charge on any atom is 0.411 e. The highest BCUT2D eigenvalue weighted by Crippen LogP contribution is 2.23. The Balaban J connectivity index is 1.80. The third-order valence-corrected chi connectivity index (χ3v) is 3.35. The van der Waals surface area contributed by atoms with Crippen LogP contribution in [0.4, 0.5) is 13.2 Å². The highest BCUT2D eigenvalue weighted by Gasteiger charge is 2.27. The van der Waals surface area contributed by atoms with E-state index < -0.39 is 12.8 Å². The van der Waals surface area contributed by atoms with Crippen LogP contribution in [0.25, 0.3) is 22.8 Å². The number of rotatable bonds is 5. The molecule has 2 heterocycles. The summed E-state index contributed by atoms with van der Waals surface area (Å²) in [6.45, 7) is -1.68. The van der Waals surface area contributed by atoms with Gasteiger partial charge >= 0.3 is 6.18 Å².